The number of imidazole rings is 1. The van der Waals surface area contributed by atoms with Gasteiger partial charge in [0.2, 0.25) is 0 Å². The van der Waals surface area contributed by atoms with E-state index in [-0.39, 0.29) is 0 Å². The molecule has 31 heavy (non-hydrogen) atoms. The first-order chi connectivity index (χ1) is 15.2. The Morgan fingerprint density at radius 2 is 1.81 bits per heavy atom. The van der Waals surface area contributed by atoms with E-state index < -0.39 is 0 Å². The molecule has 158 valence electrons. The first-order valence-electron chi connectivity index (χ1n) is 10.7. The van der Waals surface area contributed by atoms with Gasteiger partial charge in [-0.1, -0.05) is 30.3 Å². The van der Waals surface area contributed by atoms with E-state index in [9.17, 15) is 0 Å². The average molecular weight is 414 g/mol. The van der Waals surface area contributed by atoms with Gasteiger partial charge in [-0.05, 0) is 47.9 Å². The van der Waals surface area contributed by atoms with Gasteiger partial charge in [-0.15, -0.1) is 0 Å². The van der Waals surface area contributed by atoms with Gasteiger partial charge in [0.05, 0.1) is 26.0 Å². The van der Waals surface area contributed by atoms with Crippen molar-refractivity contribution in [3.8, 4) is 17.0 Å². The summed E-state index contributed by atoms with van der Waals surface area (Å²) in [5.41, 5.74) is 8.11. The zero-order valence-corrected chi connectivity index (χ0v) is 18.0. The Labute approximate surface area is 182 Å². The predicted octanol–water partition coefficient (Wildman–Crippen LogP) is 4.75. The normalized spacial score (nSPS) is 14.2. The molecular weight excluding hydrogens is 386 g/mol. The van der Waals surface area contributed by atoms with Crippen LogP contribution in [-0.2, 0) is 11.2 Å². The van der Waals surface area contributed by atoms with E-state index in [2.05, 4.69) is 75.8 Å². The molecule has 0 bridgehead atoms. The predicted molar refractivity (Wildman–Crippen MR) is 124 cm³/mol. The highest BCUT2D eigenvalue weighted by Crippen LogP contribution is 2.29. The van der Waals surface area contributed by atoms with Crippen LogP contribution < -0.4 is 9.64 Å². The zero-order chi connectivity index (χ0) is 21.2. The van der Waals surface area contributed by atoms with Gasteiger partial charge in [0, 0.05) is 43.2 Å². The van der Waals surface area contributed by atoms with Gasteiger partial charge in [-0.25, -0.2) is 4.98 Å². The molecule has 0 atom stereocenters. The maximum atomic E-state index is 5.52. The van der Waals surface area contributed by atoms with Crippen LogP contribution in [0.1, 0.15) is 16.7 Å². The quantitative estimate of drug-likeness (QED) is 0.474. The van der Waals surface area contributed by atoms with Crippen molar-refractivity contribution in [3.05, 3.63) is 83.7 Å². The van der Waals surface area contributed by atoms with E-state index >= 15 is 0 Å². The van der Waals surface area contributed by atoms with Gasteiger partial charge in [-0.2, -0.15) is 0 Å². The standard InChI is InChI=1S/C26H27N3O2/c1-19-3-6-21(18-25(19)30-2)24-10-7-22(26-27-11-12-29(24)26)17-20-4-8-23(9-5-20)28-13-15-31-16-14-28/h3-12,18H,13-17H2,1-2H3. The molecule has 5 nitrogen and oxygen atoms in total. The second-order valence-corrected chi connectivity index (χ2v) is 7.99. The van der Waals surface area contributed by atoms with Crippen LogP contribution >= 0.6 is 0 Å². The molecule has 0 N–H and O–H groups in total. The monoisotopic (exact) mass is 413 g/mol. The van der Waals surface area contributed by atoms with E-state index in [1.165, 1.54) is 16.8 Å². The number of hydrogen-bond acceptors (Lipinski definition) is 4. The summed E-state index contributed by atoms with van der Waals surface area (Å²) < 4.78 is 13.1. The molecule has 1 aliphatic rings. The molecule has 1 saturated heterocycles. The largest absolute Gasteiger partial charge is 0.496 e. The molecule has 3 heterocycles. The van der Waals surface area contributed by atoms with Crippen LogP contribution in [0.4, 0.5) is 5.69 Å². The minimum atomic E-state index is 0.804. The maximum absolute atomic E-state index is 5.52. The lowest BCUT2D eigenvalue weighted by Gasteiger charge is -2.28. The van der Waals surface area contributed by atoms with Crippen LogP contribution in [0.25, 0.3) is 16.9 Å². The summed E-state index contributed by atoms with van der Waals surface area (Å²) in [6, 6.07) is 19.6. The number of aryl methyl sites for hydroxylation is 1. The van der Waals surface area contributed by atoms with Gasteiger partial charge in [0.25, 0.3) is 0 Å². The fraction of sp³-hybridized carbons (Fsp3) is 0.269. The fourth-order valence-corrected chi connectivity index (χ4v) is 4.29. The molecule has 0 saturated carbocycles. The molecule has 2 aromatic carbocycles. The Balaban J connectivity index is 1.43. The molecule has 0 spiro atoms. The first-order valence-corrected chi connectivity index (χ1v) is 10.7. The highest BCUT2D eigenvalue weighted by molar-refractivity contribution is 5.68. The van der Waals surface area contributed by atoms with Crippen molar-refractivity contribution in [2.24, 2.45) is 0 Å². The lowest BCUT2D eigenvalue weighted by Crippen LogP contribution is -2.36. The van der Waals surface area contributed by atoms with E-state index in [0.29, 0.717) is 0 Å². The highest BCUT2D eigenvalue weighted by atomic mass is 16.5. The van der Waals surface area contributed by atoms with Gasteiger partial charge in [0.1, 0.15) is 11.4 Å². The molecule has 0 aliphatic carbocycles. The van der Waals surface area contributed by atoms with Gasteiger partial charge < -0.3 is 14.4 Å². The minimum absolute atomic E-state index is 0.804. The Bertz CT molecular complexity index is 1190. The molecular formula is C26H27N3O2. The van der Waals surface area contributed by atoms with E-state index in [1.807, 2.05) is 12.4 Å². The third-order valence-electron chi connectivity index (χ3n) is 6.04. The Morgan fingerprint density at radius 3 is 2.58 bits per heavy atom. The molecule has 1 fully saturated rings. The third-order valence-corrected chi connectivity index (χ3v) is 6.04. The van der Waals surface area contributed by atoms with E-state index in [0.717, 1.165) is 60.9 Å². The summed E-state index contributed by atoms with van der Waals surface area (Å²) in [5.74, 6) is 0.898. The van der Waals surface area contributed by atoms with Crippen LogP contribution in [0.2, 0.25) is 0 Å². The van der Waals surface area contributed by atoms with Crippen LogP contribution in [0.15, 0.2) is 67.0 Å². The summed E-state index contributed by atoms with van der Waals surface area (Å²) in [5, 5.41) is 0. The number of anilines is 1. The number of pyridine rings is 1. The van der Waals surface area contributed by atoms with Crippen molar-refractivity contribution in [3.63, 3.8) is 0 Å². The number of hydrogen-bond donors (Lipinski definition) is 0. The van der Waals surface area contributed by atoms with Crippen molar-refractivity contribution in [1.29, 1.82) is 0 Å². The number of ether oxygens (including phenoxy) is 2. The Hall–Kier alpha value is -3.31. The second kappa shape index (κ2) is 8.44. The topological polar surface area (TPSA) is 39.0 Å². The minimum Gasteiger partial charge on any atom is -0.496 e. The molecule has 1 aliphatic heterocycles. The number of morpholine rings is 1. The number of nitrogens with zero attached hydrogens (tertiary/aromatic N) is 3. The highest BCUT2D eigenvalue weighted by Gasteiger charge is 2.13. The van der Waals surface area contributed by atoms with Crippen LogP contribution in [0, 0.1) is 6.92 Å². The van der Waals surface area contributed by atoms with E-state index in [4.69, 9.17) is 9.47 Å². The molecule has 0 amide bonds. The van der Waals surface area contributed by atoms with Crippen LogP contribution in [0.5, 0.6) is 5.75 Å². The maximum Gasteiger partial charge on any atom is 0.140 e. The van der Waals surface area contributed by atoms with Gasteiger partial charge in [0.15, 0.2) is 0 Å². The molecule has 5 heteroatoms. The lowest BCUT2D eigenvalue weighted by atomic mass is 10.0. The average Bonchev–Trinajstić information content (AvgIpc) is 3.31. The molecule has 2 aromatic heterocycles. The summed E-state index contributed by atoms with van der Waals surface area (Å²) in [7, 11) is 1.71. The SMILES string of the molecule is COc1cc(-c2ccc(Cc3ccc(N4CCOCC4)cc3)c3nccn23)ccc1C. The molecule has 0 unspecified atom stereocenters. The van der Waals surface area contributed by atoms with Crippen LogP contribution in [-0.4, -0.2) is 42.8 Å². The van der Waals surface area contributed by atoms with Crippen molar-refractivity contribution < 1.29 is 9.47 Å². The number of methoxy groups -OCH3 is 1. The van der Waals surface area contributed by atoms with Crippen LogP contribution in [0.3, 0.4) is 0 Å². The molecule has 5 rings (SSSR count). The Kier molecular flexibility index (Phi) is 5.35. The number of benzene rings is 2. The van der Waals surface area contributed by atoms with Gasteiger partial charge >= 0.3 is 0 Å². The third kappa shape index (κ3) is 3.89. The fourth-order valence-electron chi connectivity index (χ4n) is 4.29. The summed E-state index contributed by atoms with van der Waals surface area (Å²) >= 11 is 0. The summed E-state index contributed by atoms with van der Waals surface area (Å²) in [6.45, 7) is 5.58. The number of rotatable bonds is 5. The van der Waals surface area contributed by atoms with Crippen molar-refractivity contribution >= 4 is 11.3 Å². The van der Waals surface area contributed by atoms with Crippen molar-refractivity contribution in [1.82, 2.24) is 9.38 Å². The smallest absolute Gasteiger partial charge is 0.140 e. The Morgan fingerprint density at radius 1 is 1.00 bits per heavy atom. The number of aromatic nitrogens is 2. The zero-order valence-electron chi connectivity index (χ0n) is 18.0. The summed E-state index contributed by atoms with van der Waals surface area (Å²) in [6.07, 6.45) is 4.75. The first kappa shape index (κ1) is 19.6. The number of fused-ring (bicyclic) bond motifs is 1. The molecule has 4 aromatic rings. The lowest BCUT2D eigenvalue weighted by molar-refractivity contribution is 0.122. The van der Waals surface area contributed by atoms with Gasteiger partial charge in [-0.3, -0.25) is 4.40 Å². The second-order valence-electron chi connectivity index (χ2n) is 7.99. The van der Waals surface area contributed by atoms with E-state index in [1.54, 1.807) is 7.11 Å². The van der Waals surface area contributed by atoms with Crippen molar-refractivity contribution in [2.75, 3.05) is 38.3 Å². The summed E-state index contributed by atoms with van der Waals surface area (Å²) in [4.78, 5) is 7.04. The van der Waals surface area contributed by atoms with Crippen molar-refractivity contribution in [2.45, 2.75) is 13.3 Å². The molecule has 0 radical (unpaired) electrons.